The summed E-state index contributed by atoms with van der Waals surface area (Å²) in [6, 6.07) is 3.14. The Balaban J connectivity index is 2.19. The summed E-state index contributed by atoms with van der Waals surface area (Å²) >= 11 is 3.67. The van der Waals surface area contributed by atoms with Gasteiger partial charge in [0, 0.05) is 24.8 Å². The monoisotopic (exact) mass is 325 g/mol. The summed E-state index contributed by atoms with van der Waals surface area (Å²) in [6.45, 7) is 5.36. The largest absolute Gasteiger partial charge is 0.353 e. The molecule has 2 N–H and O–H groups in total. The second-order valence-electron chi connectivity index (χ2n) is 5.58. The molecule has 0 spiro atoms. The summed E-state index contributed by atoms with van der Waals surface area (Å²) < 4.78 is 1.11. The van der Waals surface area contributed by atoms with E-state index in [0.717, 1.165) is 36.1 Å². The zero-order valence-corrected chi connectivity index (χ0v) is 13.5. The molecule has 0 amide bonds. The molecule has 1 aliphatic rings. The molecule has 19 heavy (non-hydrogen) atoms. The lowest BCUT2D eigenvalue weighted by molar-refractivity contribution is 0.373. The van der Waals surface area contributed by atoms with Gasteiger partial charge in [-0.3, -0.25) is 0 Å². The molecule has 3 nitrogen and oxygen atoms in total. The van der Waals surface area contributed by atoms with Crippen molar-refractivity contribution in [1.29, 1.82) is 0 Å². The van der Waals surface area contributed by atoms with E-state index in [2.05, 4.69) is 45.7 Å². The Labute approximate surface area is 124 Å². The average molecular weight is 326 g/mol. The van der Waals surface area contributed by atoms with Crippen LogP contribution in [0, 0.1) is 6.92 Å². The lowest BCUT2D eigenvalue weighted by atomic mass is 9.90. The maximum Gasteiger partial charge on any atom is 0.143 e. The third kappa shape index (κ3) is 3.69. The van der Waals surface area contributed by atoms with Gasteiger partial charge in [-0.25, -0.2) is 4.98 Å². The lowest BCUT2D eigenvalue weighted by Gasteiger charge is -2.37. The van der Waals surface area contributed by atoms with E-state index < -0.39 is 0 Å². The van der Waals surface area contributed by atoms with Gasteiger partial charge in [0.1, 0.15) is 5.82 Å². The Hall–Kier alpha value is -0.610. The highest BCUT2D eigenvalue weighted by Crippen LogP contribution is 2.31. The molecule has 1 heterocycles. The van der Waals surface area contributed by atoms with Crippen molar-refractivity contribution >= 4 is 21.7 Å². The summed E-state index contributed by atoms with van der Waals surface area (Å²) in [5.41, 5.74) is 7.21. The molecule has 2 rings (SSSR count). The number of halogens is 1. The fourth-order valence-electron chi connectivity index (χ4n) is 2.85. The Kier molecular flexibility index (Phi) is 5.22. The van der Waals surface area contributed by atoms with Crippen LogP contribution in [-0.2, 0) is 0 Å². The molecule has 1 aliphatic carbocycles. The van der Waals surface area contributed by atoms with E-state index >= 15 is 0 Å². The molecule has 0 atom stereocenters. The van der Waals surface area contributed by atoms with Gasteiger partial charge in [0.2, 0.25) is 0 Å². The van der Waals surface area contributed by atoms with Crippen LogP contribution in [0.4, 0.5) is 5.82 Å². The van der Waals surface area contributed by atoms with Crippen molar-refractivity contribution in [3.63, 3.8) is 0 Å². The molecule has 0 saturated heterocycles. The number of hydrogen-bond donors (Lipinski definition) is 1. The lowest BCUT2D eigenvalue weighted by Crippen LogP contribution is -2.42. The van der Waals surface area contributed by atoms with Crippen molar-refractivity contribution in [2.45, 2.75) is 58.0 Å². The van der Waals surface area contributed by atoms with E-state index in [1.807, 2.05) is 6.20 Å². The quantitative estimate of drug-likeness (QED) is 0.918. The molecule has 0 aliphatic heterocycles. The first-order chi connectivity index (χ1) is 9.11. The van der Waals surface area contributed by atoms with Crippen molar-refractivity contribution in [2.75, 3.05) is 11.4 Å². The Morgan fingerprint density at radius 1 is 1.37 bits per heavy atom. The predicted octanol–water partition coefficient (Wildman–Crippen LogP) is 3.64. The minimum Gasteiger partial charge on any atom is -0.353 e. The van der Waals surface area contributed by atoms with Crippen LogP contribution in [0.1, 0.15) is 44.6 Å². The fraction of sp³-hybridized carbons (Fsp3) is 0.667. The van der Waals surface area contributed by atoms with Gasteiger partial charge in [0.25, 0.3) is 0 Å². The first kappa shape index (κ1) is 14.8. The van der Waals surface area contributed by atoms with Crippen LogP contribution in [0.25, 0.3) is 0 Å². The van der Waals surface area contributed by atoms with Crippen molar-refractivity contribution in [2.24, 2.45) is 5.73 Å². The molecule has 0 bridgehead atoms. The Bertz CT molecular complexity index is 414. The highest BCUT2D eigenvalue weighted by molar-refractivity contribution is 9.10. The average Bonchev–Trinajstić information content (AvgIpc) is 2.38. The number of nitrogens with two attached hydrogens (primary N) is 1. The number of anilines is 1. The number of nitrogens with zero attached hydrogens (tertiary/aromatic N) is 2. The van der Waals surface area contributed by atoms with Gasteiger partial charge in [-0.2, -0.15) is 0 Å². The van der Waals surface area contributed by atoms with Gasteiger partial charge in [0.05, 0.1) is 4.47 Å². The van der Waals surface area contributed by atoms with Crippen LogP contribution in [0.3, 0.4) is 0 Å². The molecular weight excluding hydrogens is 302 g/mol. The highest BCUT2D eigenvalue weighted by atomic mass is 79.9. The summed E-state index contributed by atoms with van der Waals surface area (Å²) in [5, 5.41) is 0. The van der Waals surface area contributed by atoms with Gasteiger partial charge in [0.15, 0.2) is 0 Å². The second kappa shape index (κ2) is 6.71. The van der Waals surface area contributed by atoms with Gasteiger partial charge in [-0.05, 0) is 66.6 Å². The van der Waals surface area contributed by atoms with E-state index in [1.54, 1.807) is 0 Å². The van der Waals surface area contributed by atoms with Crippen molar-refractivity contribution < 1.29 is 0 Å². The molecule has 1 fully saturated rings. The predicted molar refractivity (Wildman–Crippen MR) is 84.5 cm³/mol. The van der Waals surface area contributed by atoms with E-state index in [1.165, 1.54) is 18.4 Å². The molecule has 1 saturated carbocycles. The van der Waals surface area contributed by atoms with E-state index in [4.69, 9.17) is 5.73 Å². The van der Waals surface area contributed by atoms with Crippen molar-refractivity contribution in [3.8, 4) is 0 Å². The smallest absolute Gasteiger partial charge is 0.143 e. The normalized spacial score (nSPS) is 23.4. The first-order valence-electron chi connectivity index (χ1n) is 7.26. The third-order valence-corrected chi connectivity index (χ3v) is 4.46. The summed E-state index contributed by atoms with van der Waals surface area (Å²) in [6.07, 6.45) is 7.73. The van der Waals surface area contributed by atoms with Gasteiger partial charge >= 0.3 is 0 Å². The number of aromatic nitrogens is 1. The molecule has 1 aromatic heterocycles. The zero-order chi connectivity index (χ0) is 13.8. The molecule has 4 heteroatoms. The number of pyridine rings is 1. The molecule has 0 unspecified atom stereocenters. The van der Waals surface area contributed by atoms with Crippen LogP contribution in [0.5, 0.6) is 0 Å². The maximum absolute atomic E-state index is 6.02. The standard InChI is InChI=1S/C15H24BrN3/c1-3-8-19(13-6-4-12(17)5-7-13)15-14(16)9-11(2)10-18-15/h9-10,12-13H,3-8,17H2,1-2H3. The summed E-state index contributed by atoms with van der Waals surface area (Å²) in [7, 11) is 0. The number of aryl methyl sites for hydroxylation is 1. The molecule has 0 radical (unpaired) electrons. The number of hydrogen-bond acceptors (Lipinski definition) is 3. The van der Waals surface area contributed by atoms with E-state index in [9.17, 15) is 0 Å². The minimum absolute atomic E-state index is 0.397. The Morgan fingerprint density at radius 2 is 2.05 bits per heavy atom. The van der Waals surface area contributed by atoms with Crippen molar-refractivity contribution in [1.82, 2.24) is 4.98 Å². The zero-order valence-electron chi connectivity index (χ0n) is 11.9. The fourth-order valence-corrected chi connectivity index (χ4v) is 3.54. The topological polar surface area (TPSA) is 42.2 Å². The van der Waals surface area contributed by atoms with Crippen LogP contribution < -0.4 is 10.6 Å². The van der Waals surface area contributed by atoms with E-state index in [0.29, 0.717) is 12.1 Å². The van der Waals surface area contributed by atoms with E-state index in [-0.39, 0.29) is 0 Å². The minimum atomic E-state index is 0.397. The first-order valence-corrected chi connectivity index (χ1v) is 8.05. The second-order valence-corrected chi connectivity index (χ2v) is 6.43. The SMILES string of the molecule is CCCN(c1ncc(C)cc1Br)C1CCC(N)CC1. The molecule has 1 aromatic rings. The molecule has 106 valence electrons. The third-order valence-electron chi connectivity index (χ3n) is 3.88. The van der Waals surface area contributed by atoms with Gasteiger partial charge < -0.3 is 10.6 Å². The van der Waals surface area contributed by atoms with Crippen molar-refractivity contribution in [3.05, 3.63) is 22.3 Å². The summed E-state index contributed by atoms with van der Waals surface area (Å²) in [5.74, 6) is 1.09. The highest BCUT2D eigenvalue weighted by Gasteiger charge is 2.25. The van der Waals surface area contributed by atoms with Gasteiger partial charge in [-0.1, -0.05) is 6.92 Å². The Morgan fingerprint density at radius 3 is 2.63 bits per heavy atom. The van der Waals surface area contributed by atoms with Crippen LogP contribution in [-0.4, -0.2) is 23.6 Å². The summed E-state index contributed by atoms with van der Waals surface area (Å²) in [4.78, 5) is 7.11. The van der Waals surface area contributed by atoms with Gasteiger partial charge in [-0.15, -0.1) is 0 Å². The maximum atomic E-state index is 6.02. The molecular formula is C15H24BrN3. The van der Waals surface area contributed by atoms with Crippen LogP contribution in [0.2, 0.25) is 0 Å². The molecule has 0 aromatic carbocycles. The number of rotatable bonds is 4. The van der Waals surface area contributed by atoms with Crippen LogP contribution >= 0.6 is 15.9 Å². The van der Waals surface area contributed by atoms with Crippen LogP contribution in [0.15, 0.2) is 16.7 Å².